The van der Waals surface area contributed by atoms with E-state index in [1.807, 2.05) is 27.7 Å². The Morgan fingerprint density at radius 3 is 1.29 bits per heavy atom. The Hall–Kier alpha value is -2.95. The number of carbonyl (C=O) groups excluding carboxylic acids is 1. The number of benzene rings is 2. The van der Waals surface area contributed by atoms with Gasteiger partial charge >= 0.3 is 6.16 Å². The smallest absolute Gasteiger partial charge is 0.395 e. The SMILES string of the molecule is CC(C)=Nc1ccc(OC(=O)Oc2ccc(N=C(C)C)cc2)cc1. The highest BCUT2D eigenvalue weighted by atomic mass is 16.7. The van der Waals surface area contributed by atoms with Gasteiger partial charge in [0, 0.05) is 11.4 Å². The van der Waals surface area contributed by atoms with Crippen molar-refractivity contribution >= 4 is 29.0 Å². The number of ether oxygens (including phenoxy) is 2. The molecule has 2 aromatic rings. The summed E-state index contributed by atoms with van der Waals surface area (Å²) >= 11 is 0. The van der Waals surface area contributed by atoms with Crippen LogP contribution in [0.5, 0.6) is 11.5 Å². The summed E-state index contributed by atoms with van der Waals surface area (Å²) in [6.07, 6.45) is -0.791. The highest BCUT2D eigenvalue weighted by Crippen LogP contribution is 2.21. The molecule has 0 aliphatic heterocycles. The predicted octanol–water partition coefficient (Wildman–Crippen LogP) is 5.49. The standard InChI is InChI=1S/C19H20N2O3/c1-13(2)20-15-5-9-17(10-6-15)23-19(22)24-18-11-7-16(8-12-18)21-14(3)4/h5-12H,1-4H3. The van der Waals surface area contributed by atoms with E-state index < -0.39 is 6.16 Å². The second-order valence-electron chi connectivity index (χ2n) is 5.56. The van der Waals surface area contributed by atoms with Crippen LogP contribution in [0.4, 0.5) is 16.2 Å². The van der Waals surface area contributed by atoms with Crippen molar-refractivity contribution in [3.05, 3.63) is 48.5 Å². The second kappa shape index (κ2) is 8.06. The number of hydrogen-bond donors (Lipinski definition) is 0. The van der Waals surface area contributed by atoms with Crippen LogP contribution < -0.4 is 9.47 Å². The molecule has 0 fully saturated rings. The average molecular weight is 324 g/mol. The summed E-state index contributed by atoms with van der Waals surface area (Å²) in [6.45, 7) is 7.67. The van der Waals surface area contributed by atoms with Gasteiger partial charge in [-0.25, -0.2) is 4.79 Å². The molecule has 5 nitrogen and oxygen atoms in total. The molecule has 0 saturated carbocycles. The first-order valence-electron chi connectivity index (χ1n) is 7.56. The molecule has 0 aromatic heterocycles. The van der Waals surface area contributed by atoms with Crippen LogP contribution in [0.25, 0.3) is 0 Å². The van der Waals surface area contributed by atoms with Crippen LogP contribution in [0.1, 0.15) is 27.7 Å². The minimum absolute atomic E-state index is 0.399. The Morgan fingerprint density at radius 2 is 1.00 bits per heavy atom. The van der Waals surface area contributed by atoms with E-state index >= 15 is 0 Å². The van der Waals surface area contributed by atoms with Gasteiger partial charge in [0.25, 0.3) is 0 Å². The lowest BCUT2D eigenvalue weighted by Gasteiger charge is -2.06. The number of carbonyl (C=O) groups is 1. The van der Waals surface area contributed by atoms with Crippen molar-refractivity contribution in [2.45, 2.75) is 27.7 Å². The zero-order valence-corrected chi connectivity index (χ0v) is 14.2. The molecule has 0 N–H and O–H groups in total. The molecule has 124 valence electrons. The summed E-state index contributed by atoms with van der Waals surface area (Å²) in [7, 11) is 0. The molecule has 0 aliphatic rings. The Labute approximate surface area is 141 Å². The van der Waals surface area contributed by atoms with Crippen LogP contribution in [-0.2, 0) is 0 Å². The molecule has 2 aromatic carbocycles. The highest BCUT2D eigenvalue weighted by molar-refractivity contribution is 5.82. The number of hydrogen-bond acceptors (Lipinski definition) is 5. The van der Waals surface area contributed by atoms with Crippen molar-refractivity contribution in [3.63, 3.8) is 0 Å². The first-order valence-corrected chi connectivity index (χ1v) is 7.56. The van der Waals surface area contributed by atoms with Crippen LogP contribution in [0.2, 0.25) is 0 Å². The molecule has 0 spiro atoms. The second-order valence-corrected chi connectivity index (χ2v) is 5.56. The summed E-state index contributed by atoms with van der Waals surface area (Å²) in [4.78, 5) is 20.4. The van der Waals surface area contributed by atoms with Crippen molar-refractivity contribution in [3.8, 4) is 11.5 Å². The summed E-state index contributed by atoms with van der Waals surface area (Å²) in [5.41, 5.74) is 3.51. The molecular weight excluding hydrogens is 304 g/mol. The van der Waals surface area contributed by atoms with Gasteiger partial charge in [-0.1, -0.05) is 0 Å². The summed E-state index contributed by atoms with van der Waals surface area (Å²) in [5.74, 6) is 0.797. The van der Waals surface area contributed by atoms with Gasteiger partial charge in [0.2, 0.25) is 0 Å². The zero-order chi connectivity index (χ0) is 17.5. The Kier molecular flexibility index (Phi) is 5.84. The fourth-order valence-electron chi connectivity index (χ4n) is 1.91. The molecule has 2 rings (SSSR count). The maximum atomic E-state index is 11.8. The molecule has 24 heavy (non-hydrogen) atoms. The van der Waals surface area contributed by atoms with Crippen LogP contribution in [0, 0.1) is 0 Å². The molecule has 0 radical (unpaired) electrons. The summed E-state index contributed by atoms with van der Waals surface area (Å²) in [5, 5.41) is 0. The van der Waals surface area contributed by atoms with Crippen LogP contribution in [0.3, 0.4) is 0 Å². The van der Waals surface area contributed by atoms with E-state index in [1.165, 1.54) is 0 Å². The van der Waals surface area contributed by atoms with Crippen LogP contribution in [0.15, 0.2) is 58.5 Å². The zero-order valence-electron chi connectivity index (χ0n) is 14.2. The van der Waals surface area contributed by atoms with Gasteiger partial charge in [0.1, 0.15) is 11.5 Å². The lowest BCUT2D eigenvalue weighted by Crippen LogP contribution is -2.13. The van der Waals surface area contributed by atoms with Crippen molar-refractivity contribution < 1.29 is 14.3 Å². The molecule has 0 amide bonds. The van der Waals surface area contributed by atoms with Gasteiger partial charge in [-0.15, -0.1) is 0 Å². The molecule has 0 unspecified atom stereocenters. The lowest BCUT2D eigenvalue weighted by molar-refractivity contribution is 0.152. The first-order chi connectivity index (χ1) is 11.4. The number of nitrogens with zero attached hydrogens (tertiary/aromatic N) is 2. The fourth-order valence-corrected chi connectivity index (χ4v) is 1.91. The predicted molar refractivity (Wildman–Crippen MR) is 96.4 cm³/mol. The molecule has 5 heteroatoms. The third kappa shape index (κ3) is 5.68. The van der Waals surface area contributed by atoms with Gasteiger partial charge in [-0.2, -0.15) is 0 Å². The molecule has 0 saturated heterocycles. The van der Waals surface area contributed by atoms with E-state index in [0.29, 0.717) is 11.5 Å². The van der Waals surface area contributed by atoms with E-state index in [1.54, 1.807) is 48.5 Å². The van der Waals surface area contributed by atoms with Gasteiger partial charge < -0.3 is 9.47 Å². The normalized spacial score (nSPS) is 9.83. The monoisotopic (exact) mass is 324 g/mol. The quantitative estimate of drug-likeness (QED) is 0.424. The van der Waals surface area contributed by atoms with E-state index in [-0.39, 0.29) is 0 Å². The van der Waals surface area contributed by atoms with Crippen LogP contribution >= 0.6 is 0 Å². The van der Waals surface area contributed by atoms with Crippen LogP contribution in [-0.4, -0.2) is 17.6 Å². The third-order valence-corrected chi connectivity index (χ3v) is 2.78. The van der Waals surface area contributed by atoms with E-state index in [2.05, 4.69) is 9.98 Å². The Balaban J connectivity index is 1.95. The van der Waals surface area contributed by atoms with Gasteiger partial charge in [-0.05, 0) is 76.2 Å². The maximum absolute atomic E-state index is 11.8. The molecule has 0 heterocycles. The van der Waals surface area contributed by atoms with E-state index in [9.17, 15) is 4.79 Å². The molecule has 0 atom stereocenters. The van der Waals surface area contributed by atoms with E-state index in [0.717, 1.165) is 22.8 Å². The number of rotatable bonds is 4. The van der Waals surface area contributed by atoms with Crippen molar-refractivity contribution in [2.24, 2.45) is 9.98 Å². The highest BCUT2D eigenvalue weighted by Gasteiger charge is 2.08. The van der Waals surface area contributed by atoms with Gasteiger partial charge in [0.05, 0.1) is 11.4 Å². The molecule has 0 bridgehead atoms. The largest absolute Gasteiger partial charge is 0.519 e. The summed E-state index contributed by atoms with van der Waals surface area (Å²) in [6, 6.07) is 13.8. The van der Waals surface area contributed by atoms with Crippen molar-refractivity contribution in [2.75, 3.05) is 0 Å². The Bertz CT molecular complexity index is 687. The van der Waals surface area contributed by atoms with Crippen molar-refractivity contribution in [1.29, 1.82) is 0 Å². The van der Waals surface area contributed by atoms with Gasteiger partial charge in [-0.3, -0.25) is 9.98 Å². The first kappa shape index (κ1) is 17.4. The fraction of sp³-hybridized carbons (Fsp3) is 0.211. The minimum Gasteiger partial charge on any atom is -0.395 e. The van der Waals surface area contributed by atoms with Crippen molar-refractivity contribution in [1.82, 2.24) is 0 Å². The topological polar surface area (TPSA) is 60.2 Å². The average Bonchev–Trinajstić information content (AvgIpc) is 2.50. The Morgan fingerprint density at radius 1 is 0.667 bits per heavy atom. The molecule has 0 aliphatic carbocycles. The summed E-state index contributed by atoms with van der Waals surface area (Å²) < 4.78 is 10.3. The minimum atomic E-state index is -0.791. The van der Waals surface area contributed by atoms with Gasteiger partial charge in [0.15, 0.2) is 0 Å². The number of aliphatic imine (C=N–C) groups is 2. The lowest BCUT2D eigenvalue weighted by atomic mass is 10.3. The van der Waals surface area contributed by atoms with E-state index in [4.69, 9.17) is 9.47 Å². The third-order valence-electron chi connectivity index (χ3n) is 2.78. The molecular formula is C19H20N2O3. The maximum Gasteiger partial charge on any atom is 0.519 e.